The zero-order valence-corrected chi connectivity index (χ0v) is 17.5. The molecule has 0 amide bonds. The monoisotopic (exact) mass is 398 g/mol. The van der Waals surface area contributed by atoms with Crippen molar-refractivity contribution in [3.05, 3.63) is 47.5 Å². The second-order valence-electron chi connectivity index (χ2n) is 8.05. The number of unbranched alkanes of at least 4 members (excludes halogenated alkanes) is 1. The van der Waals surface area contributed by atoms with E-state index in [1.165, 1.54) is 25.0 Å². The van der Waals surface area contributed by atoms with Gasteiger partial charge in [0.15, 0.2) is 5.82 Å². The van der Waals surface area contributed by atoms with Crippen LogP contribution in [0.2, 0.25) is 0 Å². The molecule has 0 radical (unpaired) electrons. The van der Waals surface area contributed by atoms with E-state index in [2.05, 4.69) is 23.8 Å². The molecule has 0 atom stereocenters. The number of aromatic nitrogens is 2. The average Bonchev–Trinajstić information content (AvgIpc) is 2.74. The van der Waals surface area contributed by atoms with E-state index in [-0.39, 0.29) is 11.7 Å². The Hall–Kier alpha value is -2.30. The van der Waals surface area contributed by atoms with Crippen molar-refractivity contribution >= 4 is 5.97 Å². The minimum absolute atomic E-state index is 0.0241. The molecule has 0 saturated heterocycles. The van der Waals surface area contributed by atoms with Crippen molar-refractivity contribution in [1.29, 1.82) is 0 Å². The SMILES string of the molecule is CCCCc1cnc(-c2ccc(C(=O)OC3CCC(CCC)CC3)c(F)c2)nc1. The molecule has 1 heterocycles. The molecule has 3 rings (SSSR count). The molecule has 0 aliphatic heterocycles. The van der Waals surface area contributed by atoms with Crippen molar-refractivity contribution in [2.24, 2.45) is 5.92 Å². The summed E-state index contributed by atoms with van der Waals surface area (Å²) in [6, 6.07) is 4.47. The van der Waals surface area contributed by atoms with Crippen LogP contribution in [-0.2, 0) is 11.2 Å². The smallest absolute Gasteiger partial charge is 0.341 e. The molecule has 0 spiro atoms. The summed E-state index contributed by atoms with van der Waals surface area (Å²) in [6.45, 7) is 4.34. The number of hydrogen-bond acceptors (Lipinski definition) is 4. The summed E-state index contributed by atoms with van der Waals surface area (Å²) in [5.74, 6) is 0.0206. The minimum atomic E-state index is -0.592. The molecule has 1 aliphatic carbocycles. The van der Waals surface area contributed by atoms with Gasteiger partial charge in [0.25, 0.3) is 0 Å². The first-order chi connectivity index (χ1) is 14.1. The molecule has 2 aromatic rings. The van der Waals surface area contributed by atoms with Crippen molar-refractivity contribution in [2.75, 3.05) is 0 Å². The first kappa shape index (κ1) is 21.4. The van der Waals surface area contributed by atoms with Gasteiger partial charge in [-0.2, -0.15) is 0 Å². The molecule has 0 unspecified atom stereocenters. The fourth-order valence-corrected chi connectivity index (χ4v) is 4.00. The second kappa shape index (κ2) is 10.5. The van der Waals surface area contributed by atoms with E-state index >= 15 is 0 Å². The number of carbonyl (C=O) groups excluding carboxylic acids is 1. The number of carbonyl (C=O) groups is 1. The number of nitrogens with zero attached hydrogens (tertiary/aromatic N) is 2. The van der Waals surface area contributed by atoms with Crippen LogP contribution in [0.4, 0.5) is 4.39 Å². The summed E-state index contributed by atoms with van der Waals surface area (Å²) in [6.07, 6.45) is 12.9. The van der Waals surface area contributed by atoms with Gasteiger partial charge in [-0.3, -0.25) is 0 Å². The van der Waals surface area contributed by atoms with E-state index in [1.54, 1.807) is 18.5 Å². The van der Waals surface area contributed by atoms with Crippen molar-refractivity contribution in [2.45, 2.75) is 77.7 Å². The lowest BCUT2D eigenvalue weighted by Gasteiger charge is -2.28. The third-order valence-electron chi connectivity index (χ3n) is 5.74. The summed E-state index contributed by atoms with van der Waals surface area (Å²) in [5.41, 5.74) is 1.61. The van der Waals surface area contributed by atoms with Gasteiger partial charge in [0.2, 0.25) is 0 Å². The molecule has 0 bridgehead atoms. The maximum atomic E-state index is 14.6. The fourth-order valence-electron chi connectivity index (χ4n) is 4.00. The summed E-state index contributed by atoms with van der Waals surface area (Å²) in [4.78, 5) is 21.1. The van der Waals surface area contributed by atoms with Crippen LogP contribution >= 0.6 is 0 Å². The summed E-state index contributed by atoms with van der Waals surface area (Å²) >= 11 is 0. The van der Waals surface area contributed by atoms with Crippen LogP contribution in [0.3, 0.4) is 0 Å². The lowest BCUT2D eigenvalue weighted by Crippen LogP contribution is -2.25. The van der Waals surface area contributed by atoms with Crippen LogP contribution in [0, 0.1) is 11.7 Å². The number of halogens is 1. The lowest BCUT2D eigenvalue weighted by molar-refractivity contribution is 0.0157. The van der Waals surface area contributed by atoms with Crippen LogP contribution < -0.4 is 0 Å². The zero-order chi connectivity index (χ0) is 20.6. The number of ether oxygens (including phenoxy) is 1. The van der Waals surface area contributed by atoms with Crippen molar-refractivity contribution < 1.29 is 13.9 Å². The standard InChI is InChI=1S/C24H31FN2O2/c1-3-5-7-18-15-26-23(27-16-18)19-10-13-21(22(25)14-19)24(28)29-20-11-8-17(6-4-2)9-12-20/h10,13-17,20H,3-9,11-12H2,1-2H3. The van der Waals surface area contributed by atoms with Crippen LogP contribution in [0.1, 0.15) is 81.1 Å². The molecule has 1 aliphatic rings. The average molecular weight is 399 g/mol. The molecule has 156 valence electrons. The minimum Gasteiger partial charge on any atom is -0.459 e. The first-order valence-corrected chi connectivity index (χ1v) is 10.9. The Morgan fingerprint density at radius 1 is 1.10 bits per heavy atom. The molecule has 5 heteroatoms. The van der Waals surface area contributed by atoms with Crippen LogP contribution in [0.15, 0.2) is 30.6 Å². The van der Waals surface area contributed by atoms with Crippen LogP contribution in [0.5, 0.6) is 0 Å². The zero-order valence-electron chi connectivity index (χ0n) is 17.5. The maximum absolute atomic E-state index is 14.6. The van der Waals surface area contributed by atoms with E-state index < -0.39 is 11.8 Å². The Balaban J connectivity index is 1.61. The fraction of sp³-hybridized carbons (Fsp3) is 0.542. The number of benzene rings is 1. The summed E-state index contributed by atoms with van der Waals surface area (Å²) in [5, 5.41) is 0. The third kappa shape index (κ3) is 5.84. The van der Waals surface area contributed by atoms with Gasteiger partial charge in [-0.1, -0.05) is 39.2 Å². The van der Waals surface area contributed by atoms with Gasteiger partial charge in [0.1, 0.15) is 11.9 Å². The number of aryl methyl sites for hydroxylation is 1. The first-order valence-electron chi connectivity index (χ1n) is 10.9. The topological polar surface area (TPSA) is 52.1 Å². The Kier molecular flexibility index (Phi) is 7.73. The Morgan fingerprint density at radius 2 is 1.83 bits per heavy atom. The van der Waals surface area contributed by atoms with Gasteiger partial charge < -0.3 is 4.74 Å². The Bertz CT molecular complexity index is 799. The van der Waals surface area contributed by atoms with E-state index in [0.29, 0.717) is 11.4 Å². The predicted molar refractivity (Wildman–Crippen MR) is 112 cm³/mol. The van der Waals surface area contributed by atoms with Gasteiger partial charge >= 0.3 is 5.97 Å². The highest BCUT2D eigenvalue weighted by Crippen LogP contribution is 2.30. The van der Waals surface area contributed by atoms with E-state index in [4.69, 9.17) is 4.74 Å². The van der Waals surface area contributed by atoms with Crippen molar-refractivity contribution in [3.63, 3.8) is 0 Å². The maximum Gasteiger partial charge on any atom is 0.341 e. The Morgan fingerprint density at radius 3 is 2.45 bits per heavy atom. The molecule has 1 saturated carbocycles. The van der Waals surface area contributed by atoms with E-state index in [0.717, 1.165) is 56.4 Å². The summed E-state index contributed by atoms with van der Waals surface area (Å²) in [7, 11) is 0. The summed E-state index contributed by atoms with van der Waals surface area (Å²) < 4.78 is 20.2. The molecule has 1 aromatic heterocycles. The number of hydrogen-bond donors (Lipinski definition) is 0. The van der Waals surface area contributed by atoms with E-state index in [9.17, 15) is 9.18 Å². The molecule has 4 nitrogen and oxygen atoms in total. The van der Waals surface area contributed by atoms with Gasteiger partial charge in [-0.15, -0.1) is 0 Å². The van der Waals surface area contributed by atoms with E-state index in [1.807, 2.05) is 0 Å². The largest absolute Gasteiger partial charge is 0.459 e. The van der Waals surface area contributed by atoms with Gasteiger partial charge in [-0.25, -0.2) is 19.2 Å². The normalized spacial score (nSPS) is 19.1. The molecular weight excluding hydrogens is 367 g/mol. The Labute approximate surface area is 172 Å². The highest BCUT2D eigenvalue weighted by atomic mass is 19.1. The molecule has 29 heavy (non-hydrogen) atoms. The van der Waals surface area contributed by atoms with Gasteiger partial charge in [-0.05, 0) is 62.1 Å². The lowest BCUT2D eigenvalue weighted by atomic mass is 9.85. The van der Waals surface area contributed by atoms with Crippen molar-refractivity contribution in [1.82, 2.24) is 9.97 Å². The second-order valence-corrected chi connectivity index (χ2v) is 8.05. The van der Waals surface area contributed by atoms with Gasteiger partial charge in [0, 0.05) is 18.0 Å². The quantitative estimate of drug-likeness (QED) is 0.501. The number of rotatable bonds is 8. The predicted octanol–water partition coefficient (Wildman–Crippen LogP) is 6.14. The third-order valence-corrected chi connectivity index (χ3v) is 5.74. The highest BCUT2D eigenvalue weighted by Gasteiger charge is 2.25. The van der Waals surface area contributed by atoms with Crippen molar-refractivity contribution in [3.8, 4) is 11.4 Å². The van der Waals surface area contributed by atoms with Crippen LogP contribution in [-0.4, -0.2) is 22.0 Å². The molecular formula is C24H31FN2O2. The highest BCUT2D eigenvalue weighted by molar-refractivity contribution is 5.90. The number of esters is 1. The molecule has 1 fully saturated rings. The molecule has 0 N–H and O–H groups in total. The van der Waals surface area contributed by atoms with Gasteiger partial charge in [0.05, 0.1) is 5.56 Å². The molecule has 1 aromatic carbocycles. The van der Waals surface area contributed by atoms with Crippen LogP contribution in [0.25, 0.3) is 11.4 Å².